The maximum Gasteiger partial charge on any atom is 0.314 e. The number of aliphatic carboxylic acids is 1. The van der Waals surface area contributed by atoms with Gasteiger partial charge in [-0.05, 0) is 30.5 Å². The highest BCUT2D eigenvalue weighted by atomic mass is 16.5. The van der Waals surface area contributed by atoms with Crippen molar-refractivity contribution in [3.63, 3.8) is 0 Å². The topological polar surface area (TPSA) is 55.8 Å². The van der Waals surface area contributed by atoms with E-state index in [0.717, 1.165) is 43.8 Å². The van der Waals surface area contributed by atoms with Crippen LogP contribution in [0.1, 0.15) is 31.7 Å². The van der Waals surface area contributed by atoms with Crippen molar-refractivity contribution in [1.82, 2.24) is 0 Å². The first-order valence-electron chi connectivity index (χ1n) is 7.09. The summed E-state index contributed by atoms with van der Waals surface area (Å²) in [5.41, 5.74) is 0.267. The number of benzene rings is 1. The van der Waals surface area contributed by atoms with E-state index in [1.165, 1.54) is 0 Å². The second-order valence-corrected chi connectivity index (χ2v) is 6.36. The minimum absolute atomic E-state index is 0.0942. The van der Waals surface area contributed by atoms with Gasteiger partial charge in [0.1, 0.15) is 5.75 Å². The van der Waals surface area contributed by atoms with E-state index < -0.39 is 11.4 Å². The molecule has 1 N–H and O–H groups in total. The quantitative estimate of drug-likeness (QED) is 0.898. The number of rotatable bonds is 5. The van der Waals surface area contributed by atoms with Crippen LogP contribution >= 0.6 is 0 Å². The summed E-state index contributed by atoms with van der Waals surface area (Å²) >= 11 is 0. The molecule has 2 aliphatic rings. The predicted octanol–water partition coefficient (Wildman–Crippen LogP) is 2.61. The Kier molecular flexibility index (Phi) is 3.21. The Morgan fingerprint density at radius 3 is 2.65 bits per heavy atom. The molecule has 1 saturated heterocycles. The van der Waals surface area contributed by atoms with Crippen LogP contribution < -0.4 is 4.74 Å². The Balaban J connectivity index is 1.74. The molecular weight excluding hydrogens is 256 g/mol. The summed E-state index contributed by atoms with van der Waals surface area (Å²) < 4.78 is 11.0. The van der Waals surface area contributed by atoms with Crippen LogP contribution in [0.2, 0.25) is 0 Å². The molecule has 20 heavy (non-hydrogen) atoms. The number of hydrogen-bond donors (Lipinski definition) is 1. The van der Waals surface area contributed by atoms with E-state index in [4.69, 9.17) is 9.47 Å². The van der Waals surface area contributed by atoms with E-state index in [0.29, 0.717) is 6.61 Å². The highest BCUT2D eigenvalue weighted by Crippen LogP contribution is 2.44. The summed E-state index contributed by atoms with van der Waals surface area (Å²) in [6.07, 6.45) is 2.42. The number of carbonyl (C=O) groups is 1. The van der Waals surface area contributed by atoms with Gasteiger partial charge in [0.2, 0.25) is 0 Å². The Labute approximate surface area is 118 Å². The van der Waals surface area contributed by atoms with Gasteiger partial charge in [-0.1, -0.05) is 25.5 Å². The molecule has 0 atom stereocenters. The summed E-state index contributed by atoms with van der Waals surface area (Å²) in [5, 5.41) is 9.48. The zero-order chi connectivity index (χ0) is 14.2. The first-order valence-corrected chi connectivity index (χ1v) is 7.09. The molecule has 1 aromatic rings. The summed E-state index contributed by atoms with van der Waals surface area (Å²) in [7, 11) is 0. The van der Waals surface area contributed by atoms with Gasteiger partial charge in [0.05, 0.1) is 25.2 Å². The van der Waals surface area contributed by atoms with E-state index >= 15 is 0 Å². The van der Waals surface area contributed by atoms with Crippen molar-refractivity contribution < 1.29 is 19.4 Å². The molecule has 1 aromatic carbocycles. The van der Waals surface area contributed by atoms with Gasteiger partial charge in [-0.25, -0.2) is 0 Å². The van der Waals surface area contributed by atoms with Crippen LogP contribution in [0, 0.1) is 5.41 Å². The smallest absolute Gasteiger partial charge is 0.314 e. The standard InChI is InChI=1S/C16H20O4/c1-15(9-19-10-15)11-20-13-5-2-4-12(8-13)16(14(17)18)6-3-7-16/h2,4-5,8H,3,6-7,9-11H2,1H3,(H,17,18). The van der Waals surface area contributed by atoms with Gasteiger partial charge in [-0.3, -0.25) is 4.79 Å². The third-order valence-corrected chi connectivity index (χ3v) is 4.49. The molecule has 1 saturated carbocycles. The first kappa shape index (κ1) is 13.4. The van der Waals surface area contributed by atoms with Crippen molar-refractivity contribution >= 4 is 5.97 Å². The third kappa shape index (κ3) is 2.18. The Hall–Kier alpha value is -1.55. The SMILES string of the molecule is CC1(COc2cccc(C3(C(=O)O)CCC3)c2)COC1. The second-order valence-electron chi connectivity index (χ2n) is 6.36. The minimum atomic E-state index is -0.722. The summed E-state index contributed by atoms with van der Waals surface area (Å²) in [6, 6.07) is 7.55. The van der Waals surface area contributed by atoms with E-state index in [2.05, 4.69) is 6.92 Å². The molecule has 2 fully saturated rings. The molecule has 1 aliphatic carbocycles. The van der Waals surface area contributed by atoms with Crippen LogP contribution in [0.25, 0.3) is 0 Å². The van der Waals surface area contributed by atoms with Crippen molar-refractivity contribution in [2.75, 3.05) is 19.8 Å². The highest BCUT2D eigenvalue weighted by molar-refractivity contribution is 5.82. The van der Waals surface area contributed by atoms with Crippen LogP contribution in [0.4, 0.5) is 0 Å². The Bertz CT molecular complexity index is 515. The molecular formula is C16H20O4. The molecule has 4 heteroatoms. The fourth-order valence-corrected chi connectivity index (χ4v) is 2.83. The third-order valence-electron chi connectivity index (χ3n) is 4.49. The lowest BCUT2D eigenvalue weighted by atomic mass is 9.64. The number of ether oxygens (including phenoxy) is 2. The molecule has 108 valence electrons. The van der Waals surface area contributed by atoms with Crippen LogP contribution in [-0.4, -0.2) is 30.9 Å². The monoisotopic (exact) mass is 276 g/mol. The molecule has 0 bridgehead atoms. The molecule has 1 heterocycles. The van der Waals surface area contributed by atoms with Gasteiger partial charge >= 0.3 is 5.97 Å². The van der Waals surface area contributed by atoms with Crippen LogP contribution in [0.3, 0.4) is 0 Å². The second kappa shape index (κ2) is 4.77. The largest absolute Gasteiger partial charge is 0.493 e. The van der Waals surface area contributed by atoms with Crippen molar-refractivity contribution in [2.45, 2.75) is 31.6 Å². The van der Waals surface area contributed by atoms with Gasteiger partial charge in [-0.2, -0.15) is 0 Å². The average molecular weight is 276 g/mol. The van der Waals surface area contributed by atoms with E-state index in [1.54, 1.807) is 0 Å². The lowest BCUT2D eigenvalue weighted by Crippen LogP contribution is -2.44. The lowest BCUT2D eigenvalue weighted by Gasteiger charge is -2.39. The van der Waals surface area contributed by atoms with Gasteiger partial charge < -0.3 is 14.6 Å². The molecule has 3 rings (SSSR count). The van der Waals surface area contributed by atoms with Crippen molar-refractivity contribution in [3.8, 4) is 5.75 Å². The van der Waals surface area contributed by atoms with E-state index in [-0.39, 0.29) is 5.41 Å². The predicted molar refractivity (Wildman–Crippen MR) is 74.0 cm³/mol. The summed E-state index contributed by atoms with van der Waals surface area (Å²) in [5.74, 6) is 0.0309. The summed E-state index contributed by atoms with van der Waals surface area (Å²) in [6.45, 7) is 4.19. The molecule has 0 unspecified atom stereocenters. The van der Waals surface area contributed by atoms with Crippen LogP contribution in [0.5, 0.6) is 5.75 Å². The highest BCUT2D eigenvalue weighted by Gasteiger charge is 2.46. The van der Waals surface area contributed by atoms with Gasteiger partial charge in [-0.15, -0.1) is 0 Å². The summed E-state index contributed by atoms with van der Waals surface area (Å²) in [4.78, 5) is 11.5. The van der Waals surface area contributed by atoms with Crippen molar-refractivity contribution in [1.29, 1.82) is 0 Å². The number of hydrogen-bond acceptors (Lipinski definition) is 3. The molecule has 4 nitrogen and oxygen atoms in total. The van der Waals surface area contributed by atoms with Crippen LogP contribution in [-0.2, 0) is 14.9 Å². The number of carboxylic acids is 1. The minimum Gasteiger partial charge on any atom is -0.493 e. The fourth-order valence-electron chi connectivity index (χ4n) is 2.83. The van der Waals surface area contributed by atoms with Crippen molar-refractivity contribution in [3.05, 3.63) is 29.8 Å². The Morgan fingerprint density at radius 1 is 1.40 bits per heavy atom. The zero-order valence-electron chi connectivity index (χ0n) is 11.7. The van der Waals surface area contributed by atoms with E-state index in [1.807, 2.05) is 24.3 Å². The molecule has 0 radical (unpaired) electrons. The van der Waals surface area contributed by atoms with Gasteiger partial charge in [0.25, 0.3) is 0 Å². The molecule has 0 spiro atoms. The normalized spacial score (nSPS) is 22.4. The average Bonchev–Trinajstić information content (AvgIpc) is 2.33. The zero-order valence-corrected chi connectivity index (χ0v) is 11.7. The molecule has 1 aliphatic heterocycles. The van der Waals surface area contributed by atoms with Gasteiger partial charge in [0.15, 0.2) is 0 Å². The first-order chi connectivity index (χ1) is 9.54. The van der Waals surface area contributed by atoms with Gasteiger partial charge in [0, 0.05) is 5.41 Å². The molecule has 0 amide bonds. The fraction of sp³-hybridized carbons (Fsp3) is 0.562. The lowest BCUT2D eigenvalue weighted by molar-refractivity contribution is -0.147. The van der Waals surface area contributed by atoms with Crippen molar-refractivity contribution in [2.24, 2.45) is 5.41 Å². The Morgan fingerprint density at radius 2 is 2.15 bits per heavy atom. The molecule has 0 aromatic heterocycles. The van der Waals surface area contributed by atoms with Crippen LogP contribution in [0.15, 0.2) is 24.3 Å². The van der Waals surface area contributed by atoms with E-state index in [9.17, 15) is 9.90 Å². The maximum atomic E-state index is 11.5. The number of carboxylic acid groups (broad SMARTS) is 1. The maximum absolute atomic E-state index is 11.5.